The zero-order valence-electron chi connectivity index (χ0n) is 10.2. The lowest BCUT2D eigenvalue weighted by Crippen LogP contribution is -2.27. The first kappa shape index (κ1) is 15.3. The summed E-state index contributed by atoms with van der Waals surface area (Å²) in [4.78, 5) is 10.3. The van der Waals surface area contributed by atoms with E-state index in [1.54, 1.807) is 6.26 Å². The molecule has 0 aliphatic heterocycles. The van der Waals surface area contributed by atoms with Gasteiger partial charge in [-0.05, 0) is 18.6 Å². The molecule has 7 heteroatoms. The number of nitrogens with zero attached hydrogens (tertiary/aromatic N) is 1. The summed E-state index contributed by atoms with van der Waals surface area (Å²) in [5.41, 5.74) is 0.887. The summed E-state index contributed by atoms with van der Waals surface area (Å²) in [6, 6.07) is 4.83. The van der Waals surface area contributed by atoms with Crippen molar-refractivity contribution in [3.8, 4) is 0 Å². The van der Waals surface area contributed by atoms with Crippen LogP contribution >= 0.6 is 15.9 Å². The third-order valence-electron chi connectivity index (χ3n) is 2.48. The van der Waals surface area contributed by atoms with Crippen LogP contribution in [-0.4, -0.2) is 27.2 Å². The minimum absolute atomic E-state index is 0.0622. The minimum Gasteiger partial charge on any atom is -0.311 e. The van der Waals surface area contributed by atoms with Crippen LogP contribution in [0.3, 0.4) is 0 Å². The van der Waals surface area contributed by atoms with Crippen molar-refractivity contribution in [3.63, 3.8) is 0 Å². The Labute approximate surface area is 117 Å². The second-order valence-electron chi connectivity index (χ2n) is 4.01. The molecular weight excluding hydrogens is 320 g/mol. The van der Waals surface area contributed by atoms with Gasteiger partial charge in [0, 0.05) is 52.0 Å². The number of hydrogen-bond acceptors (Lipinski definition) is 4. The molecule has 1 aromatic rings. The van der Waals surface area contributed by atoms with E-state index in [9.17, 15) is 14.3 Å². The van der Waals surface area contributed by atoms with Crippen molar-refractivity contribution >= 4 is 32.4 Å². The topological polar surface area (TPSA) is 72.2 Å². The molecule has 5 nitrogen and oxygen atoms in total. The van der Waals surface area contributed by atoms with Gasteiger partial charge < -0.3 is 5.32 Å². The zero-order chi connectivity index (χ0) is 13.7. The molecule has 2 atom stereocenters. The Balaban J connectivity index is 2.62. The highest BCUT2D eigenvalue weighted by Gasteiger charge is 2.09. The molecule has 0 heterocycles. The molecule has 1 rings (SSSR count). The maximum atomic E-state index is 11.2. The van der Waals surface area contributed by atoms with E-state index in [2.05, 4.69) is 21.2 Å². The first-order valence-electron chi connectivity index (χ1n) is 5.37. The Hall–Kier alpha value is -0.790. The fraction of sp³-hybridized carbons (Fsp3) is 0.455. The lowest BCUT2D eigenvalue weighted by molar-refractivity contribution is -0.385. The highest BCUT2D eigenvalue weighted by atomic mass is 79.9. The Kier molecular flexibility index (Phi) is 5.90. The van der Waals surface area contributed by atoms with Gasteiger partial charge >= 0.3 is 0 Å². The predicted molar refractivity (Wildman–Crippen MR) is 76.0 cm³/mol. The average Bonchev–Trinajstić information content (AvgIpc) is 2.27. The summed E-state index contributed by atoms with van der Waals surface area (Å²) in [5, 5.41) is 13.9. The number of halogens is 1. The van der Waals surface area contributed by atoms with Gasteiger partial charge in [0.1, 0.15) is 0 Å². The molecule has 0 aromatic heterocycles. The molecule has 0 bridgehead atoms. The van der Waals surface area contributed by atoms with Crippen LogP contribution in [0.1, 0.15) is 12.5 Å². The number of nitro groups is 1. The molecule has 0 amide bonds. The predicted octanol–water partition coefficient (Wildman–Crippen LogP) is 2.21. The molecular formula is C11H15BrN2O3S. The summed E-state index contributed by atoms with van der Waals surface area (Å²) in [6.07, 6.45) is 1.66. The Morgan fingerprint density at radius 2 is 2.17 bits per heavy atom. The highest BCUT2D eigenvalue weighted by molar-refractivity contribution is 9.10. The molecule has 0 spiro atoms. The van der Waals surface area contributed by atoms with E-state index in [4.69, 9.17) is 0 Å². The molecule has 0 saturated carbocycles. The van der Waals surface area contributed by atoms with Gasteiger partial charge in [0.15, 0.2) is 0 Å². The molecule has 0 radical (unpaired) electrons. The van der Waals surface area contributed by atoms with Crippen molar-refractivity contribution in [3.05, 3.63) is 38.3 Å². The minimum atomic E-state index is -0.864. The van der Waals surface area contributed by atoms with E-state index >= 15 is 0 Å². The van der Waals surface area contributed by atoms with Crippen molar-refractivity contribution in [2.75, 3.05) is 12.8 Å². The summed E-state index contributed by atoms with van der Waals surface area (Å²) in [7, 11) is -0.864. The number of hydrogen-bond donors (Lipinski definition) is 1. The van der Waals surface area contributed by atoms with Crippen LogP contribution in [0, 0.1) is 10.1 Å². The van der Waals surface area contributed by atoms with Gasteiger partial charge in [-0.25, -0.2) is 0 Å². The normalized spacial score (nSPS) is 14.2. The van der Waals surface area contributed by atoms with Gasteiger partial charge in [0.25, 0.3) is 5.69 Å². The summed E-state index contributed by atoms with van der Waals surface area (Å²) >= 11 is 3.24. The average molecular weight is 335 g/mol. The third-order valence-corrected chi connectivity index (χ3v) is 4.24. The Bertz CT molecular complexity index is 468. The summed E-state index contributed by atoms with van der Waals surface area (Å²) in [6.45, 7) is 3.03. The molecule has 1 N–H and O–H groups in total. The van der Waals surface area contributed by atoms with E-state index in [1.165, 1.54) is 12.1 Å². The molecule has 0 aliphatic carbocycles. The van der Waals surface area contributed by atoms with Crippen LogP contribution in [0.2, 0.25) is 0 Å². The van der Waals surface area contributed by atoms with Gasteiger partial charge in [-0.3, -0.25) is 14.3 Å². The molecule has 1 aromatic carbocycles. The van der Waals surface area contributed by atoms with Crippen LogP contribution in [0.4, 0.5) is 5.69 Å². The second kappa shape index (κ2) is 6.96. The van der Waals surface area contributed by atoms with E-state index in [0.717, 1.165) is 5.56 Å². The van der Waals surface area contributed by atoms with Crippen LogP contribution in [-0.2, 0) is 17.3 Å². The number of nitrogens with one attached hydrogen (secondary N) is 1. The van der Waals surface area contributed by atoms with E-state index in [1.807, 2.05) is 13.0 Å². The Morgan fingerprint density at radius 1 is 1.50 bits per heavy atom. The van der Waals surface area contributed by atoms with Crippen LogP contribution in [0.15, 0.2) is 22.7 Å². The molecule has 2 unspecified atom stereocenters. The summed E-state index contributed by atoms with van der Waals surface area (Å²) < 4.78 is 11.8. The fourth-order valence-electron chi connectivity index (χ4n) is 1.38. The number of benzene rings is 1. The third kappa shape index (κ3) is 4.83. The number of non-ortho nitro benzene ring substituents is 1. The monoisotopic (exact) mass is 334 g/mol. The molecule has 100 valence electrons. The molecule has 0 fully saturated rings. The number of nitro benzene ring substituents is 1. The van der Waals surface area contributed by atoms with E-state index in [0.29, 0.717) is 17.6 Å². The lowest BCUT2D eigenvalue weighted by Gasteiger charge is -2.10. The molecule has 0 aliphatic rings. The smallest absolute Gasteiger partial charge is 0.270 e. The van der Waals surface area contributed by atoms with Gasteiger partial charge in [0.05, 0.1) is 4.92 Å². The highest BCUT2D eigenvalue weighted by Crippen LogP contribution is 2.21. The SMILES string of the molecule is CC(CNCc1cc(Br)cc([N+](=O)[O-])c1)S(C)=O. The van der Waals surface area contributed by atoms with Crippen LogP contribution in [0.5, 0.6) is 0 Å². The first-order chi connectivity index (χ1) is 8.40. The van der Waals surface area contributed by atoms with Crippen molar-refractivity contribution in [1.29, 1.82) is 0 Å². The van der Waals surface area contributed by atoms with Crippen LogP contribution < -0.4 is 5.32 Å². The fourth-order valence-corrected chi connectivity index (χ4v) is 2.26. The van der Waals surface area contributed by atoms with Crippen molar-refractivity contribution in [2.45, 2.75) is 18.7 Å². The molecule has 18 heavy (non-hydrogen) atoms. The Morgan fingerprint density at radius 3 is 2.72 bits per heavy atom. The lowest BCUT2D eigenvalue weighted by atomic mass is 10.2. The number of rotatable bonds is 6. The second-order valence-corrected chi connectivity index (χ2v) is 6.73. The maximum Gasteiger partial charge on any atom is 0.270 e. The standard InChI is InChI=1S/C11H15BrN2O3S/c1-8(18(2)17)6-13-7-9-3-10(12)5-11(4-9)14(15)16/h3-5,8,13H,6-7H2,1-2H3. The largest absolute Gasteiger partial charge is 0.311 e. The van der Waals surface area contributed by atoms with Crippen molar-refractivity contribution in [1.82, 2.24) is 5.32 Å². The van der Waals surface area contributed by atoms with Crippen molar-refractivity contribution in [2.24, 2.45) is 0 Å². The first-order valence-corrected chi connectivity index (χ1v) is 7.78. The van der Waals surface area contributed by atoms with Gasteiger partial charge in [-0.2, -0.15) is 0 Å². The van der Waals surface area contributed by atoms with E-state index in [-0.39, 0.29) is 10.9 Å². The van der Waals surface area contributed by atoms with E-state index < -0.39 is 15.7 Å². The zero-order valence-corrected chi connectivity index (χ0v) is 12.6. The van der Waals surface area contributed by atoms with Crippen LogP contribution in [0.25, 0.3) is 0 Å². The quantitative estimate of drug-likeness (QED) is 0.639. The van der Waals surface area contributed by atoms with Gasteiger partial charge in [-0.15, -0.1) is 0 Å². The summed E-state index contributed by atoms with van der Waals surface area (Å²) in [5.74, 6) is 0. The maximum absolute atomic E-state index is 11.2. The molecule has 0 saturated heterocycles. The van der Waals surface area contributed by atoms with Gasteiger partial charge in [-0.1, -0.05) is 15.9 Å². The van der Waals surface area contributed by atoms with Gasteiger partial charge in [0.2, 0.25) is 0 Å². The van der Waals surface area contributed by atoms with Crippen molar-refractivity contribution < 1.29 is 9.13 Å².